The Morgan fingerprint density at radius 2 is 1.88 bits per heavy atom. The molecule has 1 aliphatic heterocycles. The summed E-state index contributed by atoms with van der Waals surface area (Å²) in [6.45, 7) is 15.2. The van der Waals surface area contributed by atoms with E-state index >= 15 is 0 Å². The minimum Gasteiger partial charge on any atom is -0.314 e. The maximum absolute atomic E-state index is 3.72. The van der Waals surface area contributed by atoms with Crippen LogP contribution in [0.4, 0.5) is 0 Å². The second-order valence-corrected chi connectivity index (χ2v) is 6.68. The van der Waals surface area contributed by atoms with E-state index in [-0.39, 0.29) is 0 Å². The Kier molecular flexibility index (Phi) is 3.30. The fraction of sp³-hybridized carbons (Fsp3) is 1.00. The summed E-state index contributed by atoms with van der Waals surface area (Å²) in [5, 5.41) is 7.14. The molecule has 1 saturated carbocycles. The van der Waals surface area contributed by atoms with Crippen molar-refractivity contribution in [2.75, 3.05) is 32.7 Å². The Morgan fingerprint density at radius 1 is 1.31 bits per heavy atom. The lowest BCUT2D eigenvalue weighted by Gasteiger charge is -2.41. The van der Waals surface area contributed by atoms with Gasteiger partial charge in [0.15, 0.2) is 0 Å². The Hall–Kier alpha value is -0.120. The molecule has 1 saturated heterocycles. The van der Waals surface area contributed by atoms with E-state index in [1.54, 1.807) is 0 Å². The zero-order valence-electron chi connectivity index (χ0n) is 11.3. The van der Waals surface area contributed by atoms with E-state index in [0.717, 1.165) is 25.7 Å². The van der Waals surface area contributed by atoms with Crippen molar-refractivity contribution in [2.45, 2.75) is 45.7 Å². The number of hydrogen-bond donors (Lipinski definition) is 2. The van der Waals surface area contributed by atoms with Crippen LogP contribution in [0.3, 0.4) is 0 Å². The van der Waals surface area contributed by atoms with Gasteiger partial charge in [-0.2, -0.15) is 0 Å². The lowest BCUT2D eigenvalue weighted by Crippen LogP contribution is -2.57. The van der Waals surface area contributed by atoms with Gasteiger partial charge in [0.1, 0.15) is 0 Å². The Bertz CT molecular complexity index is 242. The lowest BCUT2D eigenvalue weighted by atomic mass is 10.0. The third-order valence-electron chi connectivity index (χ3n) is 4.27. The van der Waals surface area contributed by atoms with Crippen molar-refractivity contribution >= 4 is 0 Å². The molecule has 2 aliphatic rings. The fourth-order valence-corrected chi connectivity index (χ4v) is 2.57. The molecule has 1 atom stereocenters. The van der Waals surface area contributed by atoms with Gasteiger partial charge in [-0.25, -0.2) is 0 Å². The molecule has 0 bridgehead atoms. The van der Waals surface area contributed by atoms with Crippen LogP contribution in [-0.4, -0.2) is 49.2 Å². The van der Waals surface area contributed by atoms with Gasteiger partial charge in [0, 0.05) is 44.3 Å². The van der Waals surface area contributed by atoms with Gasteiger partial charge in [-0.3, -0.25) is 4.90 Å². The van der Waals surface area contributed by atoms with Crippen LogP contribution < -0.4 is 10.6 Å². The molecule has 2 fully saturated rings. The molecule has 1 heterocycles. The summed E-state index contributed by atoms with van der Waals surface area (Å²) >= 11 is 0. The number of rotatable bonds is 4. The molecule has 2 rings (SSSR count). The fourth-order valence-electron chi connectivity index (χ4n) is 2.57. The van der Waals surface area contributed by atoms with Gasteiger partial charge < -0.3 is 10.6 Å². The Balaban J connectivity index is 1.78. The van der Waals surface area contributed by atoms with E-state index in [1.165, 1.54) is 19.5 Å². The highest BCUT2D eigenvalue weighted by atomic mass is 15.3. The van der Waals surface area contributed by atoms with Crippen LogP contribution in [0.15, 0.2) is 0 Å². The first-order valence-corrected chi connectivity index (χ1v) is 6.61. The molecule has 0 aromatic carbocycles. The molecule has 0 amide bonds. The van der Waals surface area contributed by atoms with Crippen molar-refractivity contribution in [3.8, 4) is 0 Å². The molecule has 1 unspecified atom stereocenters. The second kappa shape index (κ2) is 4.28. The van der Waals surface area contributed by atoms with Crippen LogP contribution in [-0.2, 0) is 0 Å². The highest BCUT2D eigenvalue weighted by molar-refractivity contribution is 5.03. The van der Waals surface area contributed by atoms with Crippen molar-refractivity contribution in [3.05, 3.63) is 0 Å². The van der Waals surface area contributed by atoms with Crippen molar-refractivity contribution in [1.29, 1.82) is 0 Å². The topological polar surface area (TPSA) is 27.3 Å². The van der Waals surface area contributed by atoms with E-state index in [2.05, 4.69) is 43.2 Å². The average molecular weight is 225 g/mol. The van der Waals surface area contributed by atoms with Crippen LogP contribution in [0.1, 0.15) is 34.1 Å². The standard InChI is InChI=1S/C13H27N3/c1-12(2)9-11(12)15-10-13(3,4)16-7-5-14-6-8-16/h11,14-15H,5-10H2,1-4H3. The van der Waals surface area contributed by atoms with Gasteiger partial charge in [0.2, 0.25) is 0 Å². The number of nitrogens with zero attached hydrogens (tertiary/aromatic N) is 1. The quantitative estimate of drug-likeness (QED) is 0.749. The molecule has 0 aromatic heterocycles. The van der Waals surface area contributed by atoms with E-state index in [0.29, 0.717) is 11.0 Å². The van der Waals surface area contributed by atoms with Crippen LogP contribution in [0.2, 0.25) is 0 Å². The highest BCUT2D eigenvalue weighted by Crippen LogP contribution is 2.44. The average Bonchev–Trinajstić information content (AvgIpc) is 2.85. The molecule has 94 valence electrons. The first kappa shape index (κ1) is 12.3. The third-order valence-corrected chi connectivity index (χ3v) is 4.27. The normalized spacial score (nSPS) is 30.4. The van der Waals surface area contributed by atoms with Crippen LogP contribution in [0.25, 0.3) is 0 Å². The molecule has 3 heteroatoms. The largest absolute Gasteiger partial charge is 0.314 e. The third kappa shape index (κ3) is 2.76. The van der Waals surface area contributed by atoms with Crippen LogP contribution >= 0.6 is 0 Å². The molecule has 0 spiro atoms. The minimum absolute atomic E-state index is 0.292. The van der Waals surface area contributed by atoms with E-state index < -0.39 is 0 Å². The van der Waals surface area contributed by atoms with Crippen molar-refractivity contribution < 1.29 is 0 Å². The predicted octanol–water partition coefficient (Wildman–Crippen LogP) is 1.06. The Morgan fingerprint density at radius 3 is 2.38 bits per heavy atom. The highest BCUT2D eigenvalue weighted by Gasteiger charge is 2.46. The van der Waals surface area contributed by atoms with E-state index in [4.69, 9.17) is 0 Å². The predicted molar refractivity (Wildman–Crippen MR) is 68.7 cm³/mol. The molecule has 3 nitrogen and oxygen atoms in total. The first-order valence-electron chi connectivity index (χ1n) is 6.61. The summed E-state index contributed by atoms with van der Waals surface area (Å²) in [5.41, 5.74) is 0.834. The first-order chi connectivity index (χ1) is 7.42. The summed E-state index contributed by atoms with van der Waals surface area (Å²) in [6, 6.07) is 0.745. The molecule has 0 radical (unpaired) electrons. The Labute approximate surface area is 100.0 Å². The summed E-state index contributed by atoms with van der Waals surface area (Å²) in [4.78, 5) is 2.60. The summed E-state index contributed by atoms with van der Waals surface area (Å²) < 4.78 is 0. The van der Waals surface area contributed by atoms with Gasteiger partial charge in [-0.15, -0.1) is 0 Å². The molecular formula is C13H27N3. The smallest absolute Gasteiger partial charge is 0.0278 e. The summed E-state index contributed by atoms with van der Waals surface area (Å²) in [7, 11) is 0. The zero-order valence-corrected chi connectivity index (χ0v) is 11.3. The summed E-state index contributed by atoms with van der Waals surface area (Å²) in [5.74, 6) is 0. The molecular weight excluding hydrogens is 198 g/mol. The molecule has 16 heavy (non-hydrogen) atoms. The SMILES string of the molecule is CC1(C)CC1NCC(C)(C)N1CCNCC1. The maximum Gasteiger partial charge on any atom is 0.0278 e. The number of hydrogen-bond acceptors (Lipinski definition) is 3. The van der Waals surface area contributed by atoms with Gasteiger partial charge in [-0.1, -0.05) is 13.8 Å². The van der Waals surface area contributed by atoms with Gasteiger partial charge in [-0.05, 0) is 25.7 Å². The van der Waals surface area contributed by atoms with Gasteiger partial charge >= 0.3 is 0 Å². The maximum atomic E-state index is 3.72. The second-order valence-electron chi connectivity index (χ2n) is 6.68. The van der Waals surface area contributed by atoms with E-state index in [1.807, 2.05) is 0 Å². The molecule has 1 aliphatic carbocycles. The van der Waals surface area contributed by atoms with E-state index in [9.17, 15) is 0 Å². The molecule has 0 aromatic rings. The minimum atomic E-state index is 0.292. The lowest BCUT2D eigenvalue weighted by molar-refractivity contribution is 0.101. The van der Waals surface area contributed by atoms with Gasteiger partial charge in [0.05, 0.1) is 0 Å². The summed E-state index contributed by atoms with van der Waals surface area (Å²) in [6.07, 6.45) is 1.34. The number of nitrogens with one attached hydrogen (secondary N) is 2. The van der Waals surface area contributed by atoms with Gasteiger partial charge in [0.25, 0.3) is 0 Å². The van der Waals surface area contributed by atoms with Crippen molar-refractivity contribution in [1.82, 2.24) is 15.5 Å². The van der Waals surface area contributed by atoms with Crippen LogP contribution in [0.5, 0.6) is 0 Å². The monoisotopic (exact) mass is 225 g/mol. The van der Waals surface area contributed by atoms with Crippen molar-refractivity contribution in [2.24, 2.45) is 5.41 Å². The van der Waals surface area contributed by atoms with Crippen molar-refractivity contribution in [3.63, 3.8) is 0 Å². The molecule has 2 N–H and O–H groups in total. The zero-order chi connectivity index (χ0) is 11.8. The number of piperazine rings is 1. The van der Waals surface area contributed by atoms with Crippen LogP contribution in [0, 0.1) is 5.41 Å².